The summed E-state index contributed by atoms with van der Waals surface area (Å²) in [4.78, 5) is 6.45. The van der Waals surface area contributed by atoms with E-state index in [2.05, 4.69) is 65.8 Å². The summed E-state index contributed by atoms with van der Waals surface area (Å²) >= 11 is 0. The number of hydrogen-bond acceptors (Lipinski definition) is 2. The predicted molar refractivity (Wildman–Crippen MR) is 87.2 cm³/mol. The van der Waals surface area contributed by atoms with E-state index in [-0.39, 0.29) is 0 Å². The molecule has 0 bridgehead atoms. The van der Waals surface area contributed by atoms with Crippen molar-refractivity contribution < 1.29 is 0 Å². The number of guanidine groups is 1. The van der Waals surface area contributed by atoms with Crippen molar-refractivity contribution in [2.45, 2.75) is 26.3 Å². The normalized spacial score (nSPS) is 11.8. The molecular formula is C16H28N4. The Morgan fingerprint density at radius 3 is 2.45 bits per heavy atom. The van der Waals surface area contributed by atoms with Gasteiger partial charge >= 0.3 is 0 Å². The first kappa shape index (κ1) is 16.5. The van der Waals surface area contributed by atoms with Crippen LogP contribution in [0, 0.1) is 0 Å². The van der Waals surface area contributed by atoms with Crippen molar-refractivity contribution in [2.75, 3.05) is 34.2 Å². The Labute approximate surface area is 123 Å². The van der Waals surface area contributed by atoms with Crippen LogP contribution in [0.1, 0.15) is 24.5 Å². The first-order valence-corrected chi connectivity index (χ1v) is 7.33. The van der Waals surface area contributed by atoms with E-state index in [1.54, 1.807) is 0 Å². The van der Waals surface area contributed by atoms with Crippen molar-refractivity contribution in [1.29, 1.82) is 0 Å². The van der Waals surface area contributed by atoms with Crippen molar-refractivity contribution in [1.82, 2.24) is 15.5 Å². The molecule has 0 aliphatic rings. The van der Waals surface area contributed by atoms with Crippen LogP contribution in [-0.2, 0) is 13.0 Å². The van der Waals surface area contributed by atoms with E-state index < -0.39 is 0 Å². The minimum atomic E-state index is 0.817. The van der Waals surface area contributed by atoms with Gasteiger partial charge in [0, 0.05) is 20.1 Å². The third-order valence-electron chi connectivity index (χ3n) is 3.24. The lowest BCUT2D eigenvalue weighted by Gasteiger charge is -2.14. The quantitative estimate of drug-likeness (QED) is 0.454. The molecule has 20 heavy (non-hydrogen) atoms. The minimum absolute atomic E-state index is 0.817. The molecule has 0 aromatic heterocycles. The van der Waals surface area contributed by atoms with Crippen LogP contribution in [0.2, 0.25) is 0 Å². The number of hydrogen-bond donors (Lipinski definition) is 2. The molecule has 112 valence electrons. The van der Waals surface area contributed by atoms with Gasteiger partial charge < -0.3 is 15.5 Å². The van der Waals surface area contributed by atoms with Crippen LogP contribution in [-0.4, -0.2) is 45.1 Å². The first-order chi connectivity index (χ1) is 9.67. The maximum Gasteiger partial charge on any atom is 0.191 e. The summed E-state index contributed by atoms with van der Waals surface area (Å²) in [5, 5.41) is 6.72. The first-order valence-electron chi connectivity index (χ1n) is 7.33. The number of nitrogens with zero attached hydrogens (tertiary/aromatic N) is 2. The summed E-state index contributed by atoms with van der Waals surface area (Å²) in [6, 6.07) is 8.54. The summed E-state index contributed by atoms with van der Waals surface area (Å²) in [6.07, 6.45) is 2.17. The molecule has 0 spiro atoms. The highest BCUT2D eigenvalue weighted by Crippen LogP contribution is 2.08. The maximum absolute atomic E-state index is 4.26. The number of benzene rings is 1. The summed E-state index contributed by atoms with van der Waals surface area (Å²) in [6.45, 7) is 5.03. The second-order valence-electron chi connectivity index (χ2n) is 5.13. The van der Waals surface area contributed by atoms with Gasteiger partial charge in [-0.05, 0) is 44.6 Å². The van der Waals surface area contributed by atoms with E-state index in [0.29, 0.717) is 0 Å². The van der Waals surface area contributed by atoms with E-state index >= 15 is 0 Å². The highest BCUT2D eigenvalue weighted by molar-refractivity contribution is 5.79. The van der Waals surface area contributed by atoms with Gasteiger partial charge in [-0.2, -0.15) is 0 Å². The number of nitrogens with one attached hydrogen (secondary N) is 2. The van der Waals surface area contributed by atoms with E-state index in [1.165, 1.54) is 11.1 Å². The molecule has 0 amide bonds. The molecule has 4 nitrogen and oxygen atoms in total. The van der Waals surface area contributed by atoms with Gasteiger partial charge in [0.2, 0.25) is 0 Å². The lowest BCUT2D eigenvalue weighted by atomic mass is 10.1. The summed E-state index contributed by atoms with van der Waals surface area (Å²) in [5.41, 5.74) is 2.73. The molecule has 1 rings (SSSR count). The fourth-order valence-electron chi connectivity index (χ4n) is 2.08. The van der Waals surface area contributed by atoms with E-state index in [9.17, 15) is 0 Å². The molecule has 0 unspecified atom stereocenters. The Bertz CT molecular complexity index is 413. The molecule has 2 N–H and O–H groups in total. The third kappa shape index (κ3) is 6.06. The molecule has 0 heterocycles. The van der Waals surface area contributed by atoms with Crippen molar-refractivity contribution >= 4 is 5.96 Å². The van der Waals surface area contributed by atoms with Crippen molar-refractivity contribution in [2.24, 2.45) is 4.99 Å². The highest BCUT2D eigenvalue weighted by atomic mass is 15.2. The Hall–Kier alpha value is -1.55. The summed E-state index contributed by atoms with van der Waals surface area (Å²) in [5.74, 6) is 0.870. The lowest BCUT2D eigenvalue weighted by molar-refractivity contribution is 0.399. The third-order valence-corrected chi connectivity index (χ3v) is 3.24. The van der Waals surface area contributed by atoms with Gasteiger partial charge in [0.1, 0.15) is 0 Å². The largest absolute Gasteiger partial charge is 0.356 e. The molecule has 1 aromatic rings. The predicted octanol–water partition coefficient (Wildman–Crippen LogP) is 1.87. The second-order valence-corrected chi connectivity index (χ2v) is 5.13. The van der Waals surface area contributed by atoms with Gasteiger partial charge in [-0.1, -0.05) is 31.2 Å². The van der Waals surface area contributed by atoms with Crippen LogP contribution in [0.15, 0.2) is 29.3 Å². The zero-order valence-electron chi connectivity index (χ0n) is 13.2. The standard InChI is InChI=1S/C16H28N4/c1-5-14-9-6-7-10-15(14)13-19-16(17-2)18-11-8-12-20(3)4/h6-7,9-10H,5,8,11-13H2,1-4H3,(H2,17,18,19). The average molecular weight is 276 g/mol. The Kier molecular flexibility index (Phi) is 7.73. The molecule has 0 aliphatic heterocycles. The lowest BCUT2D eigenvalue weighted by Crippen LogP contribution is -2.38. The number of aliphatic imine (C=N–C) groups is 1. The fourth-order valence-corrected chi connectivity index (χ4v) is 2.08. The van der Waals surface area contributed by atoms with Crippen molar-refractivity contribution in [3.8, 4) is 0 Å². The van der Waals surface area contributed by atoms with Gasteiger partial charge in [-0.15, -0.1) is 0 Å². The summed E-state index contributed by atoms with van der Waals surface area (Å²) < 4.78 is 0. The molecule has 0 fully saturated rings. The SMILES string of the molecule is CCc1ccccc1CNC(=NC)NCCCN(C)C. The van der Waals surface area contributed by atoms with Crippen molar-refractivity contribution in [3.63, 3.8) is 0 Å². The zero-order chi connectivity index (χ0) is 14.8. The molecule has 1 aromatic carbocycles. The van der Waals surface area contributed by atoms with Gasteiger partial charge in [-0.25, -0.2) is 0 Å². The van der Waals surface area contributed by atoms with E-state index in [0.717, 1.165) is 38.4 Å². The molecule has 0 atom stereocenters. The Morgan fingerprint density at radius 2 is 1.85 bits per heavy atom. The molecule has 0 aliphatic carbocycles. The topological polar surface area (TPSA) is 39.7 Å². The van der Waals surface area contributed by atoms with Crippen molar-refractivity contribution in [3.05, 3.63) is 35.4 Å². The van der Waals surface area contributed by atoms with Gasteiger partial charge in [0.25, 0.3) is 0 Å². The highest BCUT2D eigenvalue weighted by Gasteiger charge is 2.01. The second kappa shape index (κ2) is 9.37. The number of aryl methyl sites for hydroxylation is 1. The Balaban J connectivity index is 2.38. The van der Waals surface area contributed by atoms with Crippen LogP contribution in [0.5, 0.6) is 0 Å². The molecule has 0 saturated heterocycles. The zero-order valence-corrected chi connectivity index (χ0v) is 13.2. The van der Waals surface area contributed by atoms with E-state index in [1.807, 2.05) is 7.05 Å². The molecular weight excluding hydrogens is 248 g/mol. The van der Waals surface area contributed by atoms with Gasteiger partial charge in [0.05, 0.1) is 0 Å². The molecule has 0 radical (unpaired) electrons. The van der Waals surface area contributed by atoms with Gasteiger partial charge in [-0.3, -0.25) is 4.99 Å². The maximum atomic E-state index is 4.26. The fraction of sp³-hybridized carbons (Fsp3) is 0.562. The Morgan fingerprint density at radius 1 is 1.15 bits per heavy atom. The van der Waals surface area contributed by atoms with Crippen LogP contribution < -0.4 is 10.6 Å². The van der Waals surface area contributed by atoms with Gasteiger partial charge in [0.15, 0.2) is 5.96 Å². The minimum Gasteiger partial charge on any atom is -0.356 e. The molecule has 4 heteroatoms. The van der Waals surface area contributed by atoms with E-state index in [4.69, 9.17) is 0 Å². The smallest absolute Gasteiger partial charge is 0.191 e. The number of rotatable bonds is 7. The van der Waals surface area contributed by atoms with Crippen LogP contribution >= 0.6 is 0 Å². The van der Waals surface area contributed by atoms with Crippen LogP contribution in [0.3, 0.4) is 0 Å². The summed E-state index contributed by atoms with van der Waals surface area (Å²) in [7, 11) is 6.00. The average Bonchev–Trinajstić information content (AvgIpc) is 2.46. The van der Waals surface area contributed by atoms with Crippen LogP contribution in [0.25, 0.3) is 0 Å². The monoisotopic (exact) mass is 276 g/mol. The molecule has 0 saturated carbocycles. The van der Waals surface area contributed by atoms with Crippen LogP contribution in [0.4, 0.5) is 0 Å².